The molecule has 1 aromatic rings. The lowest BCUT2D eigenvalue weighted by molar-refractivity contribution is -0.129. The van der Waals surface area contributed by atoms with Crippen molar-refractivity contribution >= 4 is 46.7 Å². The quantitative estimate of drug-likeness (QED) is 0.789. The third kappa shape index (κ3) is 2.57. The van der Waals surface area contributed by atoms with E-state index in [1.807, 2.05) is 0 Å². The molecule has 0 radical (unpaired) electrons. The Morgan fingerprint density at radius 2 is 1.79 bits per heavy atom. The lowest BCUT2D eigenvalue weighted by Crippen LogP contribution is -2.36. The Kier molecular flexibility index (Phi) is 3.78. The van der Waals surface area contributed by atoms with E-state index in [0.717, 1.165) is 9.80 Å². The molecule has 0 atom stereocenters. The maximum absolute atomic E-state index is 12.1. The van der Waals surface area contributed by atoms with Crippen molar-refractivity contribution in [1.29, 1.82) is 0 Å². The van der Waals surface area contributed by atoms with Gasteiger partial charge in [-0.05, 0) is 18.2 Å². The molecule has 1 aliphatic heterocycles. The summed E-state index contributed by atoms with van der Waals surface area (Å²) in [7, 11) is 0. The standard InChI is InChI=1S/C12H10Cl2N2O3/c1-2-10(17)15-6-11(18)16(12(15)19)9-4-7(13)3-8(14)5-9/h3-5H,2,6H2,1H3. The number of rotatable bonds is 2. The van der Waals surface area contributed by atoms with Crippen molar-refractivity contribution in [1.82, 2.24) is 4.90 Å². The average molecular weight is 301 g/mol. The summed E-state index contributed by atoms with van der Waals surface area (Å²) >= 11 is 11.7. The van der Waals surface area contributed by atoms with Crippen LogP contribution in [0, 0.1) is 0 Å². The highest BCUT2D eigenvalue weighted by Gasteiger charge is 2.40. The van der Waals surface area contributed by atoms with Gasteiger partial charge in [0.2, 0.25) is 5.91 Å². The minimum atomic E-state index is -0.671. The average Bonchev–Trinajstić information content (AvgIpc) is 2.62. The van der Waals surface area contributed by atoms with Gasteiger partial charge in [0, 0.05) is 16.5 Å². The van der Waals surface area contributed by atoms with Gasteiger partial charge in [0.05, 0.1) is 5.69 Å². The van der Waals surface area contributed by atoms with Gasteiger partial charge in [-0.25, -0.2) is 9.69 Å². The van der Waals surface area contributed by atoms with Gasteiger partial charge in [-0.3, -0.25) is 14.5 Å². The number of halogens is 2. The van der Waals surface area contributed by atoms with Gasteiger partial charge in [-0.1, -0.05) is 30.1 Å². The number of urea groups is 1. The van der Waals surface area contributed by atoms with Crippen LogP contribution < -0.4 is 4.90 Å². The number of hydrogen-bond donors (Lipinski definition) is 0. The van der Waals surface area contributed by atoms with Crippen molar-refractivity contribution in [2.45, 2.75) is 13.3 Å². The second-order valence-corrected chi connectivity index (χ2v) is 4.85. The first-order chi connectivity index (χ1) is 8.93. The summed E-state index contributed by atoms with van der Waals surface area (Å²) in [5.74, 6) is -0.876. The second-order valence-electron chi connectivity index (χ2n) is 3.97. The Bertz CT molecular complexity index is 554. The van der Waals surface area contributed by atoms with Crippen molar-refractivity contribution in [3.05, 3.63) is 28.2 Å². The van der Waals surface area contributed by atoms with Crippen LogP contribution in [0.3, 0.4) is 0 Å². The zero-order valence-electron chi connectivity index (χ0n) is 10.0. The summed E-state index contributed by atoms with van der Waals surface area (Å²) in [6.45, 7) is 1.37. The van der Waals surface area contributed by atoms with Crippen molar-refractivity contribution in [2.24, 2.45) is 0 Å². The first-order valence-corrected chi connectivity index (χ1v) is 6.33. The maximum atomic E-state index is 12.1. The van der Waals surface area contributed by atoms with Crippen molar-refractivity contribution in [2.75, 3.05) is 11.4 Å². The SMILES string of the molecule is CCC(=O)N1CC(=O)N(c2cc(Cl)cc(Cl)c2)C1=O. The lowest BCUT2D eigenvalue weighted by Gasteiger charge is -2.15. The first kappa shape index (κ1) is 13.8. The Morgan fingerprint density at radius 3 is 2.32 bits per heavy atom. The Labute approximate surface area is 119 Å². The molecule has 100 valence electrons. The van der Waals surface area contributed by atoms with Gasteiger partial charge in [-0.15, -0.1) is 0 Å². The third-order valence-electron chi connectivity index (χ3n) is 2.67. The van der Waals surface area contributed by atoms with E-state index < -0.39 is 17.8 Å². The van der Waals surface area contributed by atoms with E-state index in [-0.39, 0.29) is 18.7 Å². The van der Waals surface area contributed by atoms with Crippen LogP contribution in [0.5, 0.6) is 0 Å². The van der Waals surface area contributed by atoms with Gasteiger partial charge < -0.3 is 0 Å². The van der Waals surface area contributed by atoms with Crippen LogP contribution in [-0.4, -0.2) is 29.3 Å². The number of benzene rings is 1. The topological polar surface area (TPSA) is 57.7 Å². The summed E-state index contributed by atoms with van der Waals surface area (Å²) in [4.78, 5) is 37.3. The van der Waals surface area contributed by atoms with Gasteiger partial charge in [-0.2, -0.15) is 0 Å². The van der Waals surface area contributed by atoms with Gasteiger partial charge in [0.15, 0.2) is 0 Å². The monoisotopic (exact) mass is 300 g/mol. The first-order valence-electron chi connectivity index (χ1n) is 5.57. The molecule has 1 aliphatic rings. The predicted octanol–water partition coefficient (Wildman–Crippen LogP) is 2.70. The van der Waals surface area contributed by atoms with Crippen LogP contribution in [0.4, 0.5) is 10.5 Å². The molecule has 19 heavy (non-hydrogen) atoms. The van der Waals surface area contributed by atoms with Crippen LogP contribution in [0.25, 0.3) is 0 Å². The Hall–Kier alpha value is -1.59. The van der Waals surface area contributed by atoms with Crippen LogP contribution in [0.2, 0.25) is 10.0 Å². The number of carbonyl (C=O) groups excluding carboxylic acids is 3. The van der Waals surface area contributed by atoms with Crippen molar-refractivity contribution in [3.8, 4) is 0 Å². The van der Waals surface area contributed by atoms with Gasteiger partial charge in [0.1, 0.15) is 6.54 Å². The molecule has 1 heterocycles. The summed E-state index contributed by atoms with van der Waals surface area (Å²) in [6.07, 6.45) is 0.156. The number of hydrogen-bond acceptors (Lipinski definition) is 3. The zero-order valence-corrected chi connectivity index (χ0v) is 11.5. The highest BCUT2D eigenvalue weighted by atomic mass is 35.5. The second kappa shape index (κ2) is 5.19. The van der Waals surface area contributed by atoms with Crippen LogP contribution in [0.1, 0.15) is 13.3 Å². The molecule has 4 amide bonds. The Balaban J connectivity index is 2.37. The van der Waals surface area contributed by atoms with Crippen LogP contribution >= 0.6 is 23.2 Å². The molecule has 0 bridgehead atoms. The summed E-state index contributed by atoms with van der Waals surface area (Å²) in [6, 6.07) is 3.72. The molecule has 7 heteroatoms. The lowest BCUT2D eigenvalue weighted by atomic mass is 10.3. The normalized spacial score (nSPS) is 15.3. The maximum Gasteiger partial charge on any atom is 0.338 e. The summed E-state index contributed by atoms with van der Waals surface area (Å²) < 4.78 is 0. The number of nitrogens with zero attached hydrogens (tertiary/aromatic N) is 2. The molecule has 5 nitrogen and oxygen atoms in total. The highest BCUT2D eigenvalue weighted by Crippen LogP contribution is 2.28. The van der Waals surface area contributed by atoms with E-state index in [2.05, 4.69) is 0 Å². The molecule has 0 aromatic heterocycles. The van der Waals surface area contributed by atoms with E-state index in [1.54, 1.807) is 6.92 Å². The fourth-order valence-electron chi connectivity index (χ4n) is 1.81. The van der Waals surface area contributed by atoms with Gasteiger partial charge in [0.25, 0.3) is 5.91 Å². The molecule has 0 spiro atoms. The smallest absolute Gasteiger partial charge is 0.274 e. The molecule has 0 aliphatic carbocycles. The van der Waals surface area contributed by atoms with Crippen LogP contribution in [0.15, 0.2) is 18.2 Å². The molecule has 2 rings (SSSR count). The molecule has 1 fully saturated rings. The van der Waals surface area contributed by atoms with Crippen LogP contribution in [-0.2, 0) is 9.59 Å². The fraction of sp³-hybridized carbons (Fsp3) is 0.250. The van der Waals surface area contributed by atoms with Gasteiger partial charge >= 0.3 is 6.03 Å². The van der Waals surface area contributed by atoms with Crippen molar-refractivity contribution in [3.63, 3.8) is 0 Å². The third-order valence-corrected chi connectivity index (χ3v) is 3.11. The summed E-state index contributed by atoms with van der Waals surface area (Å²) in [5, 5.41) is 0.617. The zero-order chi connectivity index (χ0) is 14.2. The van der Waals surface area contributed by atoms with E-state index >= 15 is 0 Å². The van der Waals surface area contributed by atoms with E-state index in [9.17, 15) is 14.4 Å². The molecule has 0 unspecified atom stereocenters. The van der Waals surface area contributed by atoms with Crippen molar-refractivity contribution < 1.29 is 14.4 Å². The number of imide groups is 2. The Morgan fingerprint density at radius 1 is 1.21 bits per heavy atom. The molecular formula is C12H10Cl2N2O3. The molecule has 1 saturated heterocycles. The number of amides is 4. The minimum absolute atomic E-state index is 0.156. The molecule has 0 saturated carbocycles. The molecular weight excluding hydrogens is 291 g/mol. The van der Waals surface area contributed by atoms with E-state index in [1.165, 1.54) is 18.2 Å². The number of anilines is 1. The number of carbonyl (C=O) groups is 3. The van der Waals surface area contributed by atoms with E-state index in [4.69, 9.17) is 23.2 Å². The fourth-order valence-corrected chi connectivity index (χ4v) is 2.32. The predicted molar refractivity (Wildman–Crippen MR) is 71.3 cm³/mol. The molecule has 0 N–H and O–H groups in total. The highest BCUT2D eigenvalue weighted by molar-refractivity contribution is 6.35. The minimum Gasteiger partial charge on any atom is -0.274 e. The summed E-state index contributed by atoms with van der Waals surface area (Å²) in [5.41, 5.74) is 0.263. The molecule has 1 aromatic carbocycles. The largest absolute Gasteiger partial charge is 0.338 e. The van der Waals surface area contributed by atoms with E-state index in [0.29, 0.717) is 10.0 Å².